The lowest BCUT2D eigenvalue weighted by atomic mass is 9.96. The van der Waals surface area contributed by atoms with Gasteiger partial charge in [0.2, 0.25) is 0 Å². The molecule has 2 atom stereocenters. The Morgan fingerprint density at radius 1 is 1.50 bits per heavy atom. The molecule has 2 aliphatic rings. The molecule has 3 rings (SSSR count). The van der Waals surface area contributed by atoms with E-state index in [0.29, 0.717) is 19.1 Å². The maximum absolute atomic E-state index is 11.1. The molecule has 1 aromatic rings. The van der Waals surface area contributed by atoms with Crippen molar-refractivity contribution < 1.29 is 14.6 Å². The molecular formula is C13H18N2O3. The zero-order valence-corrected chi connectivity index (χ0v) is 10.3. The Morgan fingerprint density at radius 3 is 3.11 bits per heavy atom. The van der Waals surface area contributed by atoms with Gasteiger partial charge in [-0.1, -0.05) is 0 Å². The number of rotatable bonds is 2. The molecule has 2 unspecified atom stereocenters. The summed E-state index contributed by atoms with van der Waals surface area (Å²) in [5, 5.41) is 9.14. The second-order valence-corrected chi connectivity index (χ2v) is 5.21. The van der Waals surface area contributed by atoms with E-state index in [2.05, 4.69) is 9.55 Å². The van der Waals surface area contributed by atoms with Crippen LogP contribution in [0.1, 0.15) is 36.7 Å². The van der Waals surface area contributed by atoms with Crippen molar-refractivity contribution in [2.24, 2.45) is 5.92 Å². The second-order valence-electron chi connectivity index (χ2n) is 5.21. The van der Waals surface area contributed by atoms with Crippen LogP contribution in [0.3, 0.4) is 0 Å². The lowest BCUT2D eigenvalue weighted by Crippen LogP contribution is -2.29. The minimum atomic E-state index is -0.694. The van der Waals surface area contributed by atoms with Crippen molar-refractivity contribution in [1.29, 1.82) is 0 Å². The van der Waals surface area contributed by atoms with Gasteiger partial charge in [-0.05, 0) is 25.7 Å². The van der Waals surface area contributed by atoms with Crippen LogP contribution >= 0.6 is 0 Å². The van der Waals surface area contributed by atoms with Crippen molar-refractivity contribution in [3.05, 3.63) is 17.7 Å². The van der Waals surface area contributed by atoms with Crippen LogP contribution in [0.5, 0.6) is 0 Å². The van der Waals surface area contributed by atoms with Crippen LogP contribution in [0, 0.1) is 5.92 Å². The highest BCUT2D eigenvalue weighted by atomic mass is 16.5. The Kier molecular flexibility index (Phi) is 3.07. The molecule has 0 aromatic carbocycles. The third kappa shape index (κ3) is 2.03. The maximum Gasteiger partial charge on any atom is 0.308 e. The summed E-state index contributed by atoms with van der Waals surface area (Å²) < 4.78 is 7.61. The highest BCUT2D eigenvalue weighted by Crippen LogP contribution is 2.29. The van der Waals surface area contributed by atoms with Crippen LogP contribution in [-0.2, 0) is 22.5 Å². The van der Waals surface area contributed by atoms with Gasteiger partial charge >= 0.3 is 5.97 Å². The predicted molar refractivity (Wildman–Crippen MR) is 64.5 cm³/mol. The zero-order chi connectivity index (χ0) is 12.5. The fourth-order valence-corrected chi connectivity index (χ4v) is 2.94. The van der Waals surface area contributed by atoms with Crippen molar-refractivity contribution >= 4 is 5.97 Å². The monoisotopic (exact) mass is 250 g/mol. The fraction of sp³-hybridized carbons (Fsp3) is 0.692. The first-order chi connectivity index (χ1) is 8.75. The van der Waals surface area contributed by atoms with Crippen molar-refractivity contribution in [1.82, 2.24) is 9.55 Å². The quantitative estimate of drug-likeness (QED) is 0.862. The van der Waals surface area contributed by atoms with Crippen molar-refractivity contribution in [3.8, 4) is 0 Å². The van der Waals surface area contributed by atoms with Crippen molar-refractivity contribution in [3.63, 3.8) is 0 Å². The van der Waals surface area contributed by atoms with Crippen LogP contribution < -0.4 is 0 Å². The molecule has 0 amide bonds. The Balaban J connectivity index is 1.84. The largest absolute Gasteiger partial charge is 0.481 e. The Bertz CT molecular complexity index is 449. The molecule has 2 aliphatic heterocycles. The number of hydrogen-bond donors (Lipinski definition) is 1. The molecule has 5 heteroatoms. The number of carbonyl (C=O) groups is 1. The van der Waals surface area contributed by atoms with Gasteiger partial charge in [0.25, 0.3) is 0 Å². The van der Waals surface area contributed by atoms with E-state index in [9.17, 15) is 4.79 Å². The standard InChI is InChI=1S/C13H18N2O3/c16-13(17)9-3-4-11-6-14-12(15(11)7-9)10-2-1-5-18-8-10/h6,9-10H,1-5,7-8H2,(H,16,17). The van der Waals surface area contributed by atoms with E-state index in [1.165, 1.54) is 5.69 Å². The Hall–Kier alpha value is -1.36. The minimum Gasteiger partial charge on any atom is -0.481 e. The van der Waals surface area contributed by atoms with Gasteiger partial charge in [0.15, 0.2) is 0 Å². The molecule has 5 nitrogen and oxygen atoms in total. The summed E-state index contributed by atoms with van der Waals surface area (Å²) in [6, 6.07) is 0. The number of hydrogen-bond acceptors (Lipinski definition) is 3. The first-order valence-electron chi connectivity index (χ1n) is 6.60. The van der Waals surface area contributed by atoms with Crippen LogP contribution in [0.4, 0.5) is 0 Å². The summed E-state index contributed by atoms with van der Waals surface area (Å²) in [5.41, 5.74) is 1.17. The molecular weight excluding hydrogens is 232 g/mol. The Morgan fingerprint density at radius 2 is 2.39 bits per heavy atom. The molecule has 98 valence electrons. The molecule has 0 spiro atoms. The molecule has 1 aromatic heterocycles. The van der Waals surface area contributed by atoms with E-state index in [4.69, 9.17) is 9.84 Å². The van der Waals surface area contributed by atoms with Crippen LogP contribution in [0.15, 0.2) is 6.20 Å². The average molecular weight is 250 g/mol. The average Bonchev–Trinajstić information content (AvgIpc) is 2.82. The van der Waals surface area contributed by atoms with E-state index in [0.717, 1.165) is 38.1 Å². The number of aliphatic carboxylic acids is 1. The molecule has 0 bridgehead atoms. The number of fused-ring (bicyclic) bond motifs is 1. The maximum atomic E-state index is 11.1. The van der Waals surface area contributed by atoms with Crippen molar-refractivity contribution in [2.45, 2.75) is 38.1 Å². The topological polar surface area (TPSA) is 64.3 Å². The predicted octanol–water partition coefficient (Wildman–Crippen LogP) is 1.42. The number of aromatic nitrogens is 2. The number of nitrogens with zero attached hydrogens (tertiary/aromatic N) is 2. The molecule has 1 fully saturated rings. The molecule has 1 N–H and O–H groups in total. The van der Waals surface area contributed by atoms with Gasteiger partial charge in [0.05, 0.1) is 12.5 Å². The first kappa shape index (κ1) is 11.7. The minimum absolute atomic E-state index is 0.269. The summed E-state index contributed by atoms with van der Waals surface area (Å²) in [6.45, 7) is 2.12. The van der Waals surface area contributed by atoms with Gasteiger partial charge < -0.3 is 14.4 Å². The van der Waals surface area contributed by atoms with Crippen molar-refractivity contribution in [2.75, 3.05) is 13.2 Å². The third-order valence-corrected chi connectivity index (χ3v) is 4.00. The normalized spacial score (nSPS) is 27.8. The van der Waals surface area contributed by atoms with E-state index < -0.39 is 5.97 Å². The number of carboxylic acids is 1. The van der Waals surface area contributed by atoms with Gasteiger partial charge in [-0.25, -0.2) is 4.98 Å². The molecule has 18 heavy (non-hydrogen) atoms. The second kappa shape index (κ2) is 4.72. The molecule has 0 aliphatic carbocycles. The van der Waals surface area contributed by atoms with Gasteiger partial charge in [-0.2, -0.15) is 0 Å². The summed E-state index contributed by atoms with van der Waals surface area (Å²) in [4.78, 5) is 15.6. The van der Waals surface area contributed by atoms with Crippen LogP contribution in [0.25, 0.3) is 0 Å². The first-order valence-corrected chi connectivity index (χ1v) is 6.60. The van der Waals surface area contributed by atoms with Gasteiger partial charge in [0.1, 0.15) is 5.82 Å². The van der Waals surface area contributed by atoms with Gasteiger partial charge in [0, 0.05) is 31.0 Å². The zero-order valence-electron chi connectivity index (χ0n) is 10.3. The number of imidazole rings is 1. The highest BCUT2D eigenvalue weighted by Gasteiger charge is 2.29. The van der Waals surface area contributed by atoms with Gasteiger partial charge in [-0.15, -0.1) is 0 Å². The van der Waals surface area contributed by atoms with E-state index in [1.807, 2.05) is 6.20 Å². The highest BCUT2D eigenvalue weighted by molar-refractivity contribution is 5.70. The number of carboxylic acid groups (broad SMARTS) is 1. The molecule has 0 radical (unpaired) electrons. The van der Waals surface area contributed by atoms with Crippen LogP contribution in [0.2, 0.25) is 0 Å². The smallest absolute Gasteiger partial charge is 0.308 e. The number of aryl methyl sites for hydroxylation is 1. The summed E-state index contributed by atoms with van der Waals surface area (Å²) >= 11 is 0. The fourth-order valence-electron chi connectivity index (χ4n) is 2.94. The molecule has 3 heterocycles. The van der Waals surface area contributed by atoms with E-state index >= 15 is 0 Å². The molecule has 1 saturated heterocycles. The van der Waals surface area contributed by atoms with E-state index in [-0.39, 0.29) is 5.92 Å². The summed E-state index contributed by atoms with van der Waals surface area (Å²) in [7, 11) is 0. The number of ether oxygens (including phenoxy) is 1. The van der Waals surface area contributed by atoms with Gasteiger partial charge in [-0.3, -0.25) is 4.79 Å². The SMILES string of the molecule is O=C(O)C1CCc2cnc(C3CCCOC3)n2C1. The molecule has 0 saturated carbocycles. The van der Waals surface area contributed by atoms with Crippen LogP contribution in [-0.4, -0.2) is 33.8 Å². The summed E-state index contributed by atoms with van der Waals surface area (Å²) in [6.07, 6.45) is 5.60. The lowest BCUT2D eigenvalue weighted by molar-refractivity contribution is -0.142. The Labute approximate surface area is 106 Å². The summed E-state index contributed by atoms with van der Waals surface area (Å²) in [5.74, 6) is 0.394. The third-order valence-electron chi connectivity index (χ3n) is 4.00. The lowest BCUT2D eigenvalue weighted by Gasteiger charge is -2.27. The van der Waals surface area contributed by atoms with E-state index in [1.54, 1.807) is 0 Å².